The van der Waals surface area contributed by atoms with E-state index in [1.807, 2.05) is 0 Å². The molecular formula is C11H13NO6. The molecular weight excluding hydrogens is 242 g/mol. The molecule has 0 saturated carbocycles. The molecule has 1 heterocycles. The van der Waals surface area contributed by atoms with E-state index >= 15 is 0 Å². The molecule has 0 saturated heterocycles. The molecule has 0 fully saturated rings. The third-order valence-electron chi connectivity index (χ3n) is 2.30. The van der Waals surface area contributed by atoms with Crippen molar-refractivity contribution in [2.45, 2.75) is 20.0 Å². The first-order valence-electron chi connectivity index (χ1n) is 5.21. The minimum Gasteiger partial charge on any atom is -0.458 e. The molecule has 98 valence electrons. The SMILES string of the molecule is CC(=O)O[C@H](CN(C=O)C(C)=O)C1=CC(=O)OC1. The van der Waals surface area contributed by atoms with Gasteiger partial charge in [0.1, 0.15) is 12.7 Å². The standard InChI is InChI=1S/C11H13NO6/c1-7(14)12(6-13)4-10(18-8(2)15)9-3-11(16)17-5-9/h3,6,10H,4-5H2,1-2H3/t10-/m1/s1. The highest BCUT2D eigenvalue weighted by molar-refractivity contribution is 5.86. The maximum atomic E-state index is 11.1. The molecule has 7 nitrogen and oxygen atoms in total. The predicted molar refractivity (Wildman–Crippen MR) is 58.0 cm³/mol. The predicted octanol–water partition coefficient (Wildman–Crippen LogP) is -0.594. The number of imide groups is 1. The van der Waals surface area contributed by atoms with Crippen LogP contribution in [0.3, 0.4) is 0 Å². The molecule has 0 bridgehead atoms. The van der Waals surface area contributed by atoms with Crippen molar-refractivity contribution in [1.82, 2.24) is 4.90 Å². The Hall–Kier alpha value is -2.18. The smallest absolute Gasteiger partial charge is 0.331 e. The van der Waals surface area contributed by atoms with E-state index in [9.17, 15) is 19.2 Å². The van der Waals surface area contributed by atoms with Crippen LogP contribution in [0.15, 0.2) is 11.6 Å². The van der Waals surface area contributed by atoms with Crippen LogP contribution in [0.2, 0.25) is 0 Å². The second kappa shape index (κ2) is 5.95. The summed E-state index contributed by atoms with van der Waals surface area (Å²) in [6.45, 7) is 2.26. The number of rotatable bonds is 5. The molecule has 0 aromatic heterocycles. The van der Waals surface area contributed by atoms with Crippen LogP contribution < -0.4 is 0 Å². The van der Waals surface area contributed by atoms with Gasteiger partial charge in [-0.3, -0.25) is 19.3 Å². The second-order valence-corrected chi connectivity index (χ2v) is 3.70. The van der Waals surface area contributed by atoms with Gasteiger partial charge < -0.3 is 9.47 Å². The summed E-state index contributed by atoms with van der Waals surface area (Å²) in [5.74, 6) is -1.59. The number of hydrogen-bond acceptors (Lipinski definition) is 6. The van der Waals surface area contributed by atoms with Crippen LogP contribution >= 0.6 is 0 Å². The van der Waals surface area contributed by atoms with Gasteiger partial charge in [0, 0.05) is 25.5 Å². The van der Waals surface area contributed by atoms with Crippen molar-refractivity contribution in [2.75, 3.05) is 13.2 Å². The summed E-state index contributed by atoms with van der Waals surface area (Å²) < 4.78 is 9.66. The highest BCUT2D eigenvalue weighted by atomic mass is 16.6. The molecule has 1 aliphatic rings. The number of amides is 2. The summed E-state index contributed by atoms with van der Waals surface area (Å²) in [6, 6.07) is 0. The number of nitrogens with zero attached hydrogens (tertiary/aromatic N) is 1. The van der Waals surface area contributed by atoms with Crippen LogP contribution in [-0.2, 0) is 28.7 Å². The van der Waals surface area contributed by atoms with Gasteiger partial charge in [-0.15, -0.1) is 0 Å². The third kappa shape index (κ3) is 3.69. The van der Waals surface area contributed by atoms with E-state index in [0.717, 1.165) is 4.90 Å². The summed E-state index contributed by atoms with van der Waals surface area (Å²) in [5.41, 5.74) is 0.420. The van der Waals surface area contributed by atoms with Crippen molar-refractivity contribution in [1.29, 1.82) is 0 Å². The normalized spacial score (nSPS) is 15.4. The fraction of sp³-hybridized carbons (Fsp3) is 0.455. The van der Waals surface area contributed by atoms with Crippen molar-refractivity contribution in [3.63, 3.8) is 0 Å². The number of carbonyl (C=O) groups excluding carboxylic acids is 4. The highest BCUT2D eigenvalue weighted by Gasteiger charge is 2.27. The number of carbonyl (C=O) groups is 4. The van der Waals surface area contributed by atoms with Gasteiger partial charge in [0.2, 0.25) is 12.3 Å². The van der Waals surface area contributed by atoms with Crippen molar-refractivity contribution in [2.24, 2.45) is 0 Å². The van der Waals surface area contributed by atoms with Crippen LogP contribution in [-0.4, -0.2) is 48.4 Å². The molecule has 0 spiro atoms. The van der Waals surface area contributed by atoms with Crippen LogP contribution in [0.4, 0.5) is 0 Å². The average molecular weight is 255 g/mol. The van der Waals surface area contributed by atoms with E-state index in [0.29, 0.717) is 12.0 Å². The quantitative estimate of drug-likeness (QED) is 0.481. The Morgan fingerprint density at radius 1 is 1.56 bits per heavy atom. The summed E-state index contributed by atoms with van der Waals surface area (Å²) in [4.78, 5) is 44.6. The Morgan fingerprint density at radius 3 is 2.61 bits per heavy atom. The molecule has 1 aliphatic heterocycles. The van der Waals surface area contributed by atoms with E-state index in [4.69, 9.17) is 4.74 Å². The number of cyclic esters (lactones) is 1. The van der Waals surface area contributed by atoms with Gasteiger partial charge in [-0.1, -0.05) is 0 Å². The van der Waals surface area contributed by atoms with Crippen LogP contribution in [0.1, 0.15) is 13.8 Å². The number of ether oxygens (including phenoxy) is 2. The fourth-order valence-electron chi connectivity index (χ4n) is 1.43. The highest BCUT2D eigenvalue weighted by Crippen LogP contribution is 2.15. The molecule has 0 N–H and O–H groups in total. The van der Waals surface area contributed by atoms with E-state index in [2.05, 4.69) is 4.74 Å². The van der Waals surface area contributed by atoms with Gasteiger partial charge in [-0.25, -0.2) is 4.79 Å². The lowest BCUT2D eigenvalue weighted by Crippen LogP contribution is -2.38. The summed E-state index contributed by atoms with van der Waals surface area (Å²) in [5, 5.41) is 0. The molecule has 0 aliphatic carbocycles. The van der Waals surface area contributed by atoms with E-state index in [-0.39, 0.29) is 13.2 Å². The zero-order valence-corrected chi connectivity index (χ0v) is 10.0. The summed E-state index contributed by atoms with van der Waals surface area (Å²) in [6.07, 6.45) is 0.677. The molecule has 7 heteroatoms. The zero-order chi connectivity index (χ0) is 13.7. The van der Waals surface area contributed by atoms with Crippen LogP contribution in [0.25, 0.3) is 0 Å². The van der Waals surface area contributed by atoms with Crippen LogP contribution in [0.5, 0.6) is 0 Å². The monoisotopic (exact) mass is 255 g/mol. The average Bonchev–Trinajstić information content (AvgIpc) is 2.69. The van der Waals surface area contributed by atoms with E-state index < -0.39 is 23.9 Å². The van der Waals surface area contributed by atoms with Crippen molar-refractivity contribution < 1.29 is 28.7 Å². The molecule has 0 aromatic carbocycles. The van der Waals surface area contributed by atoms with Gasteiger partial charge in [0.25, 0.3) is 0 Å². The third-order valence-corrected chi connectivity index (χ3v) is 2.30. The lowest BCUT2D eigenvalue weighted by Gasteiger charge is -2.22. The van der Waals surface area contributed by atoms with Gasteiger partial charge in [-0.2, -0.15) is 0 Å². The molecule has 0 radical (unpaired) electrons. The van der Waals surface area contributed by atoms with Crippen LogP contribution in [0, 0.1) is 0 Å². The van der Waals surface area contributed by atoms with E-state index in [1.54, 1.807) is 0 Å². The lowest BCUT2D eigenvalue weighted by atomic mass is 10.1. The Kier molecular flexibility index (Phi) is 4.59. The maximum absolute atomic E-state index is 11.1. The maximum Gasteiger partial charge on any atom is 0.331 e. The molecule has 0 unspecified atom stereocenters. The Morgan fingerprint density at radius 2 is 2.22 bits per heavy atom. The number of esters is 2. The minimum atomic E-state index is -0.858. The lowest BCUT2D eigenvalue weighted by molar-refractivity contribution is -0.149. The number of hydrogen-bond donors (Lipinski definition) is 0. The molecule has 18 heavy (non-hydrogen) atoms. The largest absolute Gasteiger partial charge is 0.458 e. The van der Waals surface area contributed by atoms with Crippen molar-refractivity contribution in [3.8, 4) is 0 Å². The van der Waals surface area contributed by atoms with Gasteiger partial charge in [0.15, 0.2) is 0 Å². The Balaban J connectivity index is 2.81. The molecule has 2 amide bonds. The molecule has 1 atom stereocenters. The van der Waals surface area contributed by atoms with Gasteiger partial charge >= 0.3 is 11.9 Å². The second-order valence-electron chi connectivity index (χ2n) is 3.70. The van der Waals surface area contributed by atoms with E-state index in [1.165, 1.54) is 19.9 Å². The fourth-order valence-corrected chi connectivity index (χ4v) is 1.43. The first-order chi connectivity index (χ1) is 8.43. The summed E-state index contributed by atoms with van der Waals surface area (Å²) in [7, 11) is 0. The first kappa shape index (κ1) is 13.9. The molecule has 1 rings (SSSR count). The Bertz CT molecular complexity index is 414. The molecule has 0 aromatic rings. The summed E-state index contributed by atoms with van der Waals surface area (Å²) >= 11 is 0. The minimum absolute atomic E-state index is 0.0125. The zero-order valence-electron chi connectivity index (χ0n) is 10.0. The van der Waals surface area contributed by atoms with Crippen molar-refractivity contribution in [3.05, 3.63) is 11.6 Å². The van der Waals surface area contributed by atoms with Gasteiger partial charge in [0.05, 0.1) is 6.54 Å². The first-order valence-corrected chi connectivity index (χ1v) is 5.21. The van der Waals surface area contributed by atoms with Crippen molar-refractivity contribution >= 4 is 24.3 Å². The Labute approximate surface area is 103 Å². The topological polar surface area (TPSA) is 90.0 Å². The van der Waals surface area contributed by atoms with Gasteiger partial charge in [-0.05, 0) is 0 Å².